The van der Waals surface area contributed by atoms with Crippen LogP contribution in [0.25, 0.3) is 0 Å². The van der Waals surface area contributed by atoms with Gasteiger partial charge in [0.1, 0.15) is 5.01 Å². The van der Waals surface area contributed by atoms with Crippen molar-refractivity contribution in [3.05, 3.63) is 16.1 Å². The van der Waals surface area contributed by atoms with E-state index >= 15 is 0 Å². The molecule has 5 heteroatoms. The summed E-state index contributed by atoms with van der Waals surface area (Å²) in [6.07, 6.45) is 4.24. The summed E-state index contributed by atoms with van der Waals surface area (Å²) in [4.78, 5) is 18.4. The number of carbonyl (C=O) groups excluding carboxylic acids is 1. The van der Waals surface area contributed by atoms with Crippen molar-refractivity contribution in [3.8, 4) is 0 Å². The number of piperidine rings is 1. The molecule has 0 spiro atoms. The van der Waals surface area contributed by atoms with Crippen molar-refractivity contribution in [3.63, 3.8) is 0 Å². The molecular formula is C13H19N3OS. The van der Waals surface area contributed by atoms with E-state index in [0.717, 1.165) is 30.2 Å². The van der Waals surface area contributed by atoms with Gasteiger partial charge in [-0.25, -0.2) is 4.98 Å². The number of amides is 1. The molecule has 3 rings (SSSR count). The van der Waals surface area contributed by atoms with Crippen molar-refractivity contribution in [1.82, 2.24) is 15.2 Å². The summed E-state index contributed by atoms with van der Waals surface area (Å²) in [6, 6.07) is 0.745. The highest BCUT2D eigenvalue weighted by molar-refractivity contribution is 7.09. The number of aryl methyl sites for hydroxylation is 1. The summed E-state index contributed by atoms with van der Waals surface area (Å²) in [5.41, 5.74) is 1.08. The molecule has 0 aliphatic carbocycles. The molecule has 18 heavy (non-hydrogen) atoms. The Hall–Kier alpha value is -0.940. The standard InChI is InChI=1S/C13H19N3OS/c1-9-8-18-12(15-9)7-14-10-6-13(17)16-5-3-2-4-11(10)16/h8,10-11,14H,2-7H2,1H3. The molecular weight excluding hydrogens is 246 g/mol. The fourth-order valence-corrected chi connectivity index (χ4v) is 3.76. The van der Waals surface area contributed by atoms with Gasteiger partial charge in [-0.15, -0.1) is 11.3 Å². The molecule has 2 fully saturated rings. The van der Waals surface area contributed by atoms with E-state index in [1.165, 1.54) is 12.8 Å². The minimum Gasteiger partial charge on any atom is -0.338 e. The van der Waals surface area contributed by atoms with Crippen molar-refractivity contribution < 1.29 is 4.79 Å². The maximum Gasteiger partial charge on any atom is 0.224 e. The topological polar surface area (TPSA) is 45.2 Å². The summed E-state index contributed by atoms with van der Waals surface area (Å²) in [6.45, 7) is 3.76. The van der Waals surface area contributed by atoms with E-state index in [0.29, 0.717) is 24.4 Å². The summed E-state index contributed by atoms with van der Waals surface area (Å²) in [5, 5.41) is 6.72. The van der Waals surface area contributed by atoms with Crippen LogP contribution in [0.3, 0.4) is 0 Å². The minimum absolute atomic E-state index is 0.321. The van der Waals surface area contributed by atoms with Crippen molar-refractivity contribution in [2.75, 3.05) is 6.54 Å². The molecule has 1 N–H and O–H groups in total. The van der Waals surface area contributed by atoms with Gasteiger partial charge >= 0.3 is 0 Å². The second-order valence-corrected chi connectivity index (χ2v) is 6.17. The number of nitrogens with zero attached hydrogens (tertiary/aromatic N) is 2. The third-order valence-corrected chi connectivity index (χ3v) is 4.88. The number of fused-ring (bicyclic) bond motifs is 1. The Balaban J connectivity index is 1.61. The number of nitrogens with one attached hydrogen (secondary N) is 1. The normalized spacial score (nSPS) is 27.6. The van der Waals surface area contributed by atoms with E-state index in [-0.39, 0.29) is 0 Å². The third kappa shape index (κ3) is 2.29. The highest BCUT2D eigenvalue weighted by Gasteiger charge is 2.40. The third-order valence-electron chi connectivity index (χ3n) is 3.91. The SMILES string of the molecule is Cc1csc(CNC2CC(=O)N3CCCCC23)n1. The first-order valence-corrected chi connectivity index (χ1v) is 7.56. The molecule has 98 valence electrons. The van der Waals surface area contributed by atoms with Gasteiger partial charge in [-0.05, 0) is 26.2 Å². The van der Waals surface area contributed by atoms with E-state index in [9.17, 15) is 4.79 Å². The van der Waals surface area contributed by atoms with Crippen LogP contribution in [0.4, 0.5) is 0 Å². The van der Waals surface area contributed by atoms with Crippen molar-refractivity contribution >= 4 is 17.2 Å². The molecule has 0 radical (unpaired) electrons. The Bertz CT molecular complexity index is 445. The molecule has 0 saturated carbocycles. The molecule has 2 aliphatic heterocycles. The zero-order valence-electron chi connectivity index (χ0n) is 10.7. The predicted molar refractivity (Wildman–Crippen MR) is 71.4 cm³/mol. The molecule has 0 bridgehead atoms. The predicted octanol–water partition coefficient (Wildman–Crippen LogP) is 1.69. The quantitative estimate of drug-likeness (QED) is 0.904. The Labute approximate surface area is 111 Å². The summed E-state index contributed by atoms with van der Waals surface area (Å²) in [7, 11) is 0. The molecule has 3 heterocycles. The number of hydrogen-bond donors (Lipinski definition) is 1. The highest BCUT2D eigenvalue weighted by atomic mass is 32.1. The molecule has 4 nitrogen and oxygen atoms in total. The largest absolute Gasteiger partial charge is 0.338 e. The average Bonchev–Trinajstić information content (AvgIpc) is 2.92. The van der Waals surface area contributed by atoms with Crippen LogP contribution in [0.5, 0.6) is 0 Å². The Morgan fingerprint density at radius 1 is 1.56 bits per heavy atom. The van der Waals surface area contributed by atoms with Gasteiger partial charge < -0.3 is 10.2 Å². The lowest BCUT2D eigenvalue weighted by Gasteiger charge is -2.32. The summed E-state index contributed by atoms with van der Waals surface area (Å²) in [5.74, 6) is 0.326. The Morgan fingerprint density at radius 3 is 3.22 bits per heavy atom. The fourth-order valence-electron chi connectivity index (χ4n) is 3.04. The van der Waals surface area contributed by atoms with Crippen LogP contribution in [-0.4, -0.2) is 34.4 Å². The van der Waals surface area contributed by atoms with Gasteiger partial charge in [0, 0.05) is 42.7 Å². The van der Waals surface area contributed by atoms with E-state index in [2.05, 4.69) is 20.6 Å². The Kier molecular flexibility index (Phi) is 3.35. The zero-order chi connectivity index (χ0) is 12.5. The number of thiazole rings is 1. The Morgan fingerprint density at radius 2 is 2.44 bits per heavy atom. The first-order valence-electron chi connectivity index (χ1n) is 6.68. The monoisotopic (exact) mass is 265 g/mol. The van der Waals surface area contributed by atoms with E-state index in [4.69, 9.17) is 0 Å². The van der Waals surface area contributed by atoms with Crippen LogP contribution >= 0.6 is 11.3 Å². The molecule has 1 amide bonds. The van der Waals surface area contributed by atoms with Crippen molar-refractivity contribution in [1.29, 1.82) is 0 Å². The summed E-state index contributed by atoms with van der Waals surface area (Å²) < 4.78 is 0. The fraction of sp³-hybridized carbons (Fsp3) is 0.692. The van der Waals surface area contributed by atoms with Gasteiger partial charge in [0.25, 0.3) is 0 Å². The number of hydrogen-bond acceptors (Lipinski definition) is 4. The van der Waals surface area contributed by atoms with E-state index in [1.54, 1.807) is 11.3 Å². The first kappa shape index (κ1) is 12.1. The van der Waals surface area contributed by atoms with Gasteiger partial charge in [-0.1, -0.05) is 0 Å². The van der Waals surface area contributed by atoms with Gasteiger partial charge in [0.2, 0.25) is 5.91 Å². The molecule has 0 aromatic carbocycles. The lowest BCUT2D eigenvalue weighted by molar-refractivity contribution is -0.129. The van der Waals surface area contributed by atoms with Gasteiger partial charge in [-0.3, -0.25) is 4.79 Å². The molecule has 2 aliphatic rings. The molecule has 1 aromatic heterocycles. The number of aromatic nitrogens is 1. The van der Waals surface area contributed by atoms with Crippen molar-refractivity contribution in [2.24, 2.45) is 0 Å². The van der Waals surface area contributed by atoms with Gasteiger partial charge in [0.05, 0.1) is 0 Å². The number of rotatable bonds is 3. The minimum atomic E-state index is 0.321. The van der Waals surface area contributed by atoms with E-state index < -0.39 is 0 Å². The van der Waals surface area contributed by atoms with Gasteiger partial charge in [0.15, 0.2) is 0 Å². The molecule has 2 atom stereocenters. The average molecular weight is 265 g/mol. The van der Waals surface area contributed by atoms with Crippen LogP contribution in [0, 0.1) is 6.92 Å². The van der Waals surface area contributed by atoms with E-state index in [1.807, 2.05) is 6.92 Å². The van der Waals surface area contributed by atoms with Crippen LogP contribution in [0.1, 0.15) is 36.4 Å². The van der Waals surface area contributed by atoms with Crippen LogP contribution in [-0.2, 0) is 11.3 Å². The zero-order valence-corrected chi connectivity index (χ0v) is 11.5. The summed E-state index contributed by atoms with van der Waals surface area (Å²) >= 11 is 1.69. The first-order chi connectivity index (χ1) is 8.74. The highest BCUT2D eigenvalue weighted by Crippen LogP contribution is 2.28. The lowest BCUT2D eigenvalue weighted by atomic mass is 9.99. The molecule has 2 unspecified atom stereocenters. The van der Waals surface area contributed by atoms with Gasteiger partial charge in [-0.2, -0.15) is 0 Å². The van der Waals surface area contributed by atoms with Crippen LogP contribution < -0.4 is 5.32 Å². The molecule has 2 saturated heterocycles. The van der Waals surface area contributed by atoms with Crippen LogP contribution in [0.15, 0.2) is 5.38 Å². The number of carbonyl (C=O) groups is 1. The maximum absolute atomic E-state index is 11.9. The second-order valence-electron chi connectivity index (χ2n) is 5.22. The van der Waals surface area contributed by atoms with Crippen LogP contribution in [0.2, 0.25) is 0 Å². The second kappa shape index (κ2) is 4.97. The van der Waals surface area contributed by atoms with Crippen molar-refractivity contribution in [2.45, 2.75) is 51.2 Å². The lowest BCUT2D eigenvalue weighted by Crippen LogP contribution is -2.45. The maximum atomic E-state index is 11.9. The smallest absolute Gasteiger partial charge is 0.224 e. The molecule has 1 aromatic rings.